The molecule has 0 spiro atoms. The lowest BCUT2D eigenvalue weighted by Gasteiger charge is -2.24. The van der Waals surface area contributed by atoms with Gasteiger partial charge in [-0.3, -0.25) is 0 Å². The van der Waals surface area contributed by atoms with Crippen molar-refractivity contribution in [1.29, 1.82) is 0 Å². The molecular formula is C14H19ClFN. The Morgan fingerprint density at radius 3 is 2.65 bits per heavy atom. The van der Waals surface area contributed by atoms with Crippen LogP contribution in [0, 0.1) is 25.6 Å². The van der Waals surface area contributed by atoms with Gasteiger partial charge in [-0.1, -0.05) is 11.6 Å². The number of benzene rings is 1. The van der Waals surface area contributed by atoms with Gasteiger partial charge in [-0.2, -0.15) is 0 Å². The van der Waals surface area contributed by atoms with Gasteiger partial charge in [0.2, 0.25) is 0 Å². The fraction of sp³-hybridized carbons (Fsp3) is 0.571. The predicted molar refractivity (Wildman–Crippen MR) is 70.2 cm³/mol. The van der Waals surface area contributed by atoms with Gasteiger partial charge < -0.3 is 5.32 Å². The quantitative estimate of drug-likeness (QED) is 0.851. The van der Waals surface area contributed by atoms with Crippen molar-refractivity contribution < 1.29 is 4.39 Å². The lowest BCUT2D eigenvalue weighted by Crippen LogP contribution is -2.29. The minimum Gasteiger partial charge on any atom is -0.317 e. The number of piperidine rings is 1. The minimum atomic E-state index is -0.215. The molecule has 1 fully saturated rings. The Morgan fingerprint density at radius 2 is 2.00 bits per heavy atom. The van der Waals surface area contributed by atoms with Crippen LogP contribution in [0.1, 0.15) is 29.5 Å². The molecule has 1 nitrogen and oxygen atoms in total. The molecule has 3 heteroatoms. The Labute approximate surface area is 107 Å². The van der Waals surface area contributed by atoms with Crippen molar-refractivity contribution in [2.45, 2.75) is 33.1 Å². The second-order valence-electron chi connectivity index (χ2n) is 4.99. The highest BCUT2D eigenvalue weighted by molar-refractivity contribution is 6.30. The molecule has 1 aromatic carbocycles. The first-order valence-corrected chi connectivity index (χ1v) is 6.62. The predicted octanol–water partition coefficient (Wildman–Crippen LogP) is 3.64. The van der Waals surface area contributed by atoms with Gasteiger partial charge in [0.15, 0.2) is 0 Å². The molecule has 1 saturated heterocycles. The molecule has 2 rings (SSSR count). The van der Waals surface area contributed by atoms with Crippen molar-refractivity contribution in [2.75, 3.05) is 13.1 Å². The Hall–Kier alpha value is -0.600. The maximum absolute atomic E-state index is 14.0. The topological polar surface area (TPSA) is 12.0 Å². The monoisotopic (exact) mass is 255 g/mol. The summed E-state index contributed by atoms with van der Waals surface area (Å²) in [6, 6.07) is 1.72. The van der Waals surface area contributed by atoms with Crippen LogP contribution in [-0.4, -0.2) is 13.1 Å². The Balaban J connectivity index is 2.24. The molecule has 0 unspecified atom stereocenters. The highest BCUT2D eigenvalue weighted by atomic mass is 35.5. The molecule has 0 atom stereocenters. The van der Waals surface area contributed by atoms with Crippen LogP contribution in [0.4, 0.5) is 4.39 Å². The summed E-state index contributed by atoms with van der Waals surface area (Å²) in [5.74, 6) is 0.371. The molecule has 0 amide bonds. The van der Waals surface area contributed by atoms with E-state index in [1.54, 1.807) is 6.07 Å². The van der Waals surface area contributed by atoms with E-state index in [9.17, 15) is 4.39 Å². The van der Waals surface area contributed by atoms with Gasteiger partial charge in [-0.05, 0) is 74.9 Å². The molecule has 1 N–H and O–H groups in total. The van der Waals surface area contributed by atoms with Gasteiger partial charge in [0, 0.05) is 0 Å². The highest BCUT2D eigenvalue weighted by Gasteiger charge is 2.19. The van der Waals surface area contributed by atoms with E-state index in [4.69, 9.17) is 11.6 Å². The standard InChI is InChI=1S/C14H19ClFN/c1-9-7-13(15)14(16)12(10(9)2)8-11-3-5-17-6-4-11/h7,11,17H,3-6,8H2,1-2H3. The summed E-state index contributed by atoms with van der Waals surface area (Å²) in [7, 11) is 0. The Bertz CT molecular complexity index is 385. The van der Waals surface area contributed by atoms with Crippen LogP contribution in [0.5, 0.6) is 0 Å². The SMILES string of the molecule is Cc1cc(Cl)c(F)c(CC2CCNCC2)c1C. The van der Waals surface area contributed by atoms with E-state index in [0.29, 0.717) is 5.92 Å². The Kier molecular flexibility index (Phi) is 4.05. The fourth-order valence-electron chi connectivity index (χ4n) is 2.53. The van der Waals surface area contributed by atoms with Crippen LogP contribution >= 0.6 is 11.6 Å². The zero-order valence-corrected chi connectivity index (χ0v) is 11.2. The largest absolute Gasteiger partial charge is 0.317 e. The van der Waals surface area contributed by atoms with Gasteiger partial charge in [0.05, 0.1) is 5.02 Å². The average Bonchev–Trinajstić information content (AvgIpc) is 2.33. The third kappa shape index (κ3) is 2.80. The first-order valence-electron chi connectivity index (χ1n) is 6.24. The first kappa shape index (κ1) is 12.8. The van der Waals surface area contributed by atoms with E-state index in [-0.39, 0.29) is 10.8 Å². The van der Waals surface area contributed by atoms with Crippen LogP contribution in [0.2, 0.25) is 5.02 Å². The zero-order chi connectivity index (χ0) is 12.4. The van der Waals surface area contributed by atoms with Gasteiger partial charge in [0.1, 0.15) is 5.82 Å². The maximum Gasteiger partial charge on any atom is 0.145 e. The van der Waals surface area contributed by atoms with Gasteiger partial charge in [0.25, 0.3) is 0 Å². The van der Waals surface area contributed by atoms with Crippen molar-refractivity contribution in [3.05, 3.63) is 33.6 Å². The summed E-state index contributed by atoms with van der Waals surface area (Å²) in [5, 5.41) is 3.59. The van der Waals surface area contributed by atoms with E-state index in [0.717, 1.165) is 49.0 Å². The van der Waals surface area contributed by atoms with Gasteiger partial charge in [-0.15, -0.1) is 0 Å². The van der Waals surface area contributed by atoms with Gasteiger partial charge >= 0.3 is 0 Å². The van der Waals surface area contributed by atoms with Crippen molar-refractivity contribution in [3.8, 4) is 0 Å². The van der Waals surface area contributed by atoms with Crippen molar-refractivity contribution >= 4 is 11.6 Å². The van der Waals surface area contributed by atoms with Crippen LogP contribution < -0.4 is 5.32 Å². The number of halogens is 2. The molecule has 1 aromatic rings. The second-order valence-corrected chi connectivity index (χ2v) is 5.40. The lowest BCUT2D eigenvalue weighted by molar-refractivity contribution is 0.368. The van der Waals surface area contributed by atoms with Crippen LogP contribution in [0.25, 0.3) is 0 Å². The van der Waals surface area contributed by atoms with Gasteiger partial charge in [-0.25, -0.2) is 4.39 Å². The normalized spacial score (nSPS) is 17.4. The van der Waals surface area contributed by atoms with E-state index in [2.05, 4.69) is 5.32 Å². The molecular weight excluding hydrogens is 237 g/mol. The molecule has 0 aromatic heterocycles. The zero-order valence-electron chi connectivity index (χ0n) is 10.4. The number of hydrogen-bond acceptors (Lipinski definition) is 1. The molecule has 17 heavy (non-hydrogen) atoms. The third-order valence-electron chi connectivity index (χ3n) is 3.81. The molecule has 0 saturated carbocycles. The van der Waals surface area contributed by atoms with Crippen molar-refractivity contribution in [3.63, 3.8) is 0 Å². The summed E-state index contributed by atoms with van der Waals surface area (Å²) >= 11 is 5.92. The van der Waals surface area contributed by atoms with E-state index in [1.165, 1.54) is 0 Å². The number of hydrogen-bond donors (Lipinski definition) is 1. The summed E-state index contributed by atoms with van der Waals surface area (Å²) in [5.41, 5.74) is 2.97. The highest BCUT2D eigenvalue weighted by Crippen LogP contribution is 2.28. The fourth-order valence-corrected chi connectivity index (χ4v) is 2.80. The number of rotatable bonds is 2. The molecule has 0 radical (unpaired) electrons. The summed E-state index contributed by atoms with van der Waals surface area (Å²) in [6.45, 7) is 6.08. The Morgan fingerprint density at radius 1 is 1.35 bits per heavy atom. The number of aryl methyl sites for hydroxylation is 1. The second kappa shape index (κ2) is 5.36. The molecule has 1 heterocycles. The van der Waals surface area contributed by atoms with E-state index >= 15 is 0 Å². The number of nitrogens with one attached hydrogen (secondary N) is 1. The molecule has 94 valence electrons. The average molecular weight is 256 g/mol. The molecule has 1 aliphatic rings. The third-order valence-corrected chi connectivity index (χ3v) is 4.09. The van der Waals surface area contributed by atoms with Crippen LogP contribution in [0.3, 0.4) is 0 Å². The van der Waals surface area contributed by atoms with E-state index < -0.39 is 0 Å². The summed E-state index contributed by atoms with van der Waals surface area (Å²) in [6.07, 6.45) is 3.08. The van der Waals surface area contributed by atoms with Crippen LogP contribution in [0.15, 0.2) is 6.07 Å². The van der Waals surface area contributed by atoms with E-state index in [1.807, 2.05) is 13.8 Å². The maximum atomic E-state index is 14.0. The van der Waals surface area contributed by atoms with Crippen molar-refractivity contribution in [1.82, 2.24) is 5.32 Å². The smallest absolute Gasteiger partial charge is 0.145 e. The summed E-state index contributed by atoms with van der Waals surface area (Å²) in [4.78, 5) is 0. The molecule has 0 bridgehead atoms. The van der Waals surface area contributed by atoms with Crippen molar-refractivity contribution in [2.24, 2.45) is 5.92 Å². The lowest BCUT2D eigenvalue weighted by atomic mass is 9.88. The van der Waals surface area contributed by atoms with Crippen LogP contribution in [-0.2, 0) is 6.42 Å². The molecule has 1 aliphatic heterocycles. The molecule has 0 aliphatic carbocycles. The minimum absolute atomic E-state index is 0.215. The first-order chi connectivity index (χ1) is 8.09. The summed E-state index contributed by atoms with van der Waals surface area (Å²) < 4.78 is 14.0.